The van der Waals surface area contributed by atoms with Crippen LogP contribution in [0.5, 0.6) is 0 Å². The molecule has 0 aliphatic rings. The summed E-state index contributed by atoms with van der Waals surface area (Å²) in [5, 5.41) is 2.87. The quantitative estimate of drug-likeness (QED) is 0.840. The number of hydrogen-bond acceptors (Lipinski definition) is 1. The van der Waals surface area contributed by atoms with Gasteiger partial charge in [0.1, 0.15) is 0 Å². The molecule has 0 spiro atoms. The normalized spacial score (nSPS) is 10.7. The molecule has 20 heavy (non-hydrogen) atoms. The SMILES string of the molecule is Cc1ccc(C=CC(=O)NCc2ccc(C)cc2)cc1. The van der Waals surface area contributed by atoms with Gasteiger partial charge in [0.15, 0.2) is 0 Å². The number of carbonyl (C=O) groups is 1. The first kappa shape index (κ1) is 14.1. The Hall–Kier alpha value is -2.35. The molecule has 2 rings (SSSR count). The lowest BCUT2D eigenvalue weighted by atomic mass is 10.1. The van der Waals surface area contributed by atoms with Gasteiger partial charge in [-0.15, -0.1) is 0 Å². The number of carbonyl (C=O) groups excluding carboxylic acids is 1. The van der Waals surface area contributed by atoms with Crippen LogP contribution in [-0.2, 0) is 11.3 Å². The molecule has 1 amide bonds. The molecule has 0 unspecified atom stereocenters. The molecule has 2 heteroatoms. The highest BCUT2D eigenvalue weighted by atomic mass is 16.1. The molecule has 0 radical (unpaired) electrons. The summed E-state index contributed by atoms with van der Waals surface area (Å²) in [5.41, 5.74) is 4.57. The maximum Gasteiger partial charge on any atom is 0.244 e. The van der Waals surface area contributed by atoms with Gasteiger partial charge in [-0.25, -0.2) is 0 Å². The number of benzene rings is 2. The predicted octanol–water partition coefficient (Wildman–Crippen LogP) is 3.63. The number of nitrogens with one attached hydrogen (secondary N) is 1. The van der Waals surface area contributed by atoms with E-state index in [1.807, 2.05) is 68.5 Å². The van der Waals surface area contributed by atoms with Crippen LogP contribution in [-0.4, -0.2) is 5.91 Å². The molecule has 2 nitrogen and oxygen atoms in total. The van der Waals surface area contributed by atoms with Crippen molar-refractivity contribution < 1.29 is 4.79 Å². The molecule has 0 saturated carbocycles. The van der Waals surface area contributed by atoms with Crippen molar-refractivity contribution in [1.29, 1.82) is 0 Å². The molecule has 102 valence electrons. The maximum absolute atomic E-state index is 11.7. The molecule has 0 aliphatic carbocycles. The Kier molecular flexibility index (Phi) is 4.72. The third-order valence-corrected chi connectivity index (χ3v) is 3.09. The zero-order valence-corrected chi connectivity index (χ0v) is 11.9. The minimum absolute atomic E-state index is 0.0776. The molecule has 0 aromatic heterocycles. The van der Waals surface area contributed by atoms with Crippen LogP contribution < -0.4 is 5.32 Å². The Labute approximate surface area is 120 Å². The van der Waals surface area contributed by atoms with Gasteiger partial charge in [0, 0.05) is 12.6 Å². The fraction of sp³-hybridized carbons (Fsp3) is 0.167. The van der Waals surface area contributed by atoms with Crippen molar-refractivity contribution in [2.24, 2.45) is 0 Å². The van der Waals surface area contributed by atoms with E-state index in [4.69, 9.17) is 0 Å². The predicted molar refractivity (Wildman–Crippen MR) is 83.2 cm³/mol. The van der Waals surface area contributed by atoms with E-state index in [0.717, 1.165) is 11.1 Å². The van der Waals surface area contributed by atoms with Gasteiger partial charge in [-0.3, -0.25) is 4.79 Å². The van der Waals surface area contributed by atoms with Crippen molar-refractivity contribution in [3.8, 4) is 0 Å². The van der Waals surface area contributed by atoms with Crippen LogP contribution in [0.1, 0.15) is 22.3 Å². The second-order valence-electron chi connectivity index (χ2n) is 4.95. The molecular weight excluding hydrogens is 246 g/mol. The van der Waals surface area contributed by atoms with Crippen molar-refractivity contribution in [1.82, 2.24) is 5.32 Å². The van der Waals surface area contributed by atoms with Crippen molar-refractivity contribution in [3.05, 3.63) is 76.9 Å². The standard InChI is InChI=1S/C18H19NO/c1-14-3-7-16(8-4-14)11-12-18(20)19-13-17-9-5-15(2)6-10-17/h3-12H,13H2,1-2H3,(H,19,20). The fourth-order valence-electron chi connectivity index (χ4n) is 1.80. The Morgan fingerprint density at radius 3 is 2.10 bits per heavy atom. The van der Waals surface area contributed by atoms with Gasteiger partial charge in [-0.1, -0.05) is 59.7 Å². The van der Waals surface area contributed by atoms with Crippen LogP contribution in [0.3, 0.4) is 0 Å². The van der Waals surface area contributed by atoms with Gasteiger partial charge in [-0.05, 0) is 31.1 Å². The lowest BCUT2D eigenvalue weighted by Crippen LogP contribution is -2.20. The summed E-state index contributed by atoms with van der Waals surface area (Å²) in [5.74, 6) is -0.0776. The molecule has 0 atom stereocenters. The first-order chi connectivity index (χ1) is 9.63. The minimum atomic E-state index is -0.0776. The first-order valence-corrected chi connectivity index (χ1v) is 6.71. The second kappa shape index (κ2) is 6.71. The topological polar surface area (TPSA) is 29.1 Å². The second-order valence-corrected chi connectivity index (χ2v) is 4.95. The van der Waals surface area contributed by atoms with Crippen molar-refractivity contribution in [2.75, 3.05) is 0 Å². The van der Waals surface area contributed by atoms with E-state index in [2.05, 4.69) is 5.32 Å². The number of amides is 1. The third kappa shape index (κ3) is 4.39. The lowest BCUT2D eigenvalue weighted by Gasteiger charge is -2.03. The van der Waals surface area contributed by atoms with E-state index < -0.39 is 0 Å². The first-order valence-electron chi connectivity index (χ1n) is 6.71. The van der Waals surface area contributed by atoms with Gasteiger partial charge in [-0.2, -0.15) is 0 Å². The number of aryl methyl sites for hydroxylation is 2. The zero-order valence-electron chi connectivity index (χ0n) is 11.9. The summed E-state index contributed by atoms with van der Waals surface area (Å²) in [6.45, 7) is 4.64. The highest BCUT2D eigenvalue weighted by molar-refractivity contribution is 5.91. The van der Waals surface area contributed by atoms with E-state index in [0.29, 0.717) is 6.54 Å². The average Bonchev–Trinajstić information content (AvgIpc) is 2.46. The van der Waals surface area contributed by atoms with E-state index in [1.54, 1.807) is 6.08 Å². The largest absolute Gasteiger partial charge is 0.348 e. The van der Waals surface area contributed by atoms with Crippen molar-refractivity contribution in [3.63, 3.8) is 0 Å². The number of hydrogen-bond donors (Lipinski definition) is 1. The summed E-state index contributed by atoms with van der Waals surface area (Å²) in [7, 11) is 0. The van der Waals surface area contributed by atoms with Crippen molar-refractivity contribution in [2.45, 2.75) is 20.4 Å². The molecular formula is C18H19NO. The van der Waals surface area contributed by atoms with E-state index >= 15 is 0 Å². The van der Waals surface area contributed by atoms with E-state index in [9.17, 15) is 4.79 Å². The Morgan fingerprint density at radius 2 is 1.50 bits per heavy atom. The van der Waals surface area contributed by atoms with Gasteiger partial charge < -0.3 is 5.32 Å². The highest BCUT2D eigenvalue weighted by Gasteiger charge is 1.96. The molecule has 0 bridgehead atoms. The molecule has 2 aromatic carbocycles. The summed E-state index contributed by atoms with van der Waals surface area (Å²) < 4.78 is 0. The van der Waals surface area contributed by atoms with Gasteiger partial charge in [0.2, 0.25) is 5.91 Å². The van der Waals surface area contributed by atoms with Crippen LogP contribution in [0.2, 0.25) is 0 Å². The maximum atomic E-state index is 11.7. The molecule has 0 fully saturated rings. The average molecular weight is 265 g/mol. The molecule has 0 aliphatic heterocycles. The molecule has 0 saturated heterocycles. The van der Waals surface area contributed by atoms with Gasteiger partial charge >= 0.3 is 0 Å². The van der Waals surface area contributed by atoms with Crippen LogP contribution in [0.25, 0.3) is 6.08 Å². The Bertz CT molecular complexity index is 594. The van der Waals surface area contributed by atoms with Gasteiger partial charge in [0.05, 0.1) is 0 Å². The summed E-state index contributed by atoms with van der Waals surface area (Å²) >= 11 is 0. The minimum Gasteiger partial charge on any atom is -0.348 e. The molecule has 2 aromatic rings. The summed E-state index contributed by atoms with van der Waals surface area (Å²) in [6, 6.07) is 16.2. The van der Waals surface area contributed by atoms with Crippen LogP contribution in [0.4, 0.5) is 0 Å². The van der Waals surface area contributed by atoms with Crippen LogP contribution >= 0.6 is 0 Å². The highest BCUT2D eigenvalue weighted by Crippen LogP contribution is 2.05. The zero-order chi connectivity index (χ0) is 14.4. The van der Waals surface area contributed by atoms with Crippen molar-refractivity contribution >= 4 is 12.0 Å². The fourth-order valence-corrected chi connectivity index (χ4v) is 1.80. The Morgan fingerprint density at radius 1 is 0.950 bits per heavy atom. The van der Waals surface area contributed by atoms with Crippen LogP contribution in [0.15, 0.2) is 54.6 Å². The van der Waals surface area contributed by atoms with E-state index in [1.165, 1.54) is 11.1 Å². The third-order valence-electron chi connectivity index (χ3n) is 3.09. The Balaban J connectivity index is 1.86. The van der Waals surface area contributed by atoms with Gasteiger partial charge in [0.25, 0.3) is 0 Å². The van der Waals surface area contributed by atoms with Crippen LogP contribution in [0, 0.1) is 13.8 Å². The monoisotopic (exact) mass is 265 g/mol. The summed E-state index contributed by atoms with van der Waals surface area (Å²) in [6.07, 6.45) is 3.39. The summed E-state index contributed by atoms with van der Waals surface area (Å²) in [4.78, 5) is 11.7. The lowest BCUT2D eigenvalue weighted by molar-refractivity contribution is -0.116. The molecule has 1 N–H and O–H groups in total. The molecule has 0 heterocycles. The smallest absolute Gasteiger partial charge is 0.244 e. The van der Waals surface area contributed by atoms with E-state index in [-0.39, 0.29) is 5.91 Å². The number of rotatable bonds is 4.